The maximum absolute atomic E-state index is 5.59. The van der Waals surface area contributed by atoms with Gasteiger partial charge in [-0.1, -0.05) is 42.5 Å². The Kier molecular flexibility index (Phi) is 3.93. The number of hydrogen-bond donors (Lipinski definition) is 0. The lowest BCUT2D eigenvalue weighted by Crippen LogP contribution is -2.06. The summed E-state index contributed by atoms with van der Waals surface area (Å²) in [4.78, 5) is 0. The number of allylic oxidation sites excluding steroid dienone is 2. The summed E-state index contributed by atoms with van der Waals surface area (Å²) in [5, 5.41) is 1.20. The van der Waals surface area contributed by atoms with Gasteiger partial charge in [0.15, 0.2) is 0 Å². The van der Waals surface area contributed by atoms with E-state index in [2.05, 4.69) is 51.7 Å². The molecule has 0 bridgehead atoms. The minimum atomic E-state index is 0.0714. The molecule has 1 nitrogen and oxygen atoms in total. The molecule has 84 valence electrons. The number of rotatable bonds is 3. The van der Waals surface area contributed by atoms with E-state index in [-0.39, 0.29) is 6.10 Å². The highest BCUT2D eigenvalue weighted by Crippen LogP contribution is 2.28. The van der Waals surface area contributed by atoms with Crippen LogP contribution in [0.3, 0.4) is 0 Å². The van der Waals surface area contributed by atoms with Crippen LogP contribution in [-0.2, 0) is 4.74 Å². The van der Waals surface area contributed by atoms with Gasteiger partial charge in [0, 0.05) is 7.11 Å². The maximum Gasteiger partial charge on any atom is 0.107 e. The second-order valence-electron chi connectivity index (χ2n) is 3.97. The Morgan fingerprint density at radius 3 is 2.50 bits per heavy atom. The molecule has 0 heterocycles. The molecule has 2 heteroatoms. The number of methoxy groups -OCH3 is 1. The van der Waals surface area contributed by atoms with Gasteiger partial charge in [0.2, 0.25) is 0 Å². The van der Waals surface area contributed by atoms with Crippen LogP contribution in [0.15, 0.2) is 48.1 Å². The molecular weight excluding hydrogens is 215 g/mol. The molecule has 1 aliphatic carbocycles. The average Bonchev–Trinajstić information content (AvgIpc) is 2.34. The van der Waals surface area contributed by atoms with Crippen molar-refractivity contribution < 1.29 is 4.74 Å². The number of benzene rings is 1. The smallest absolute Gasteiger partial charge is 0.107 e. The summed E-state index contributed by atoms with van der Waals surface area (Å²) in [7, 11) is 4.46. The molecule has 0 spiro atoms. The van der Waals surface area contributed by atoms with Crippen molar-refractivity contribution in [1.82, 2.24) is 0 Å². The van der Waals surface area contributed by atoms with E-state index in [9.17, 15) is 0 Å². The van der Waals surface area contributed by atoms with Crippen LogP contribution in [0.1, 0.15) is 24.5 Å². The molecule has 1 aromatic carbocycles. The van der Waals surface area contributed by atoms with E-state index in [1.807, 2.05) is 0 Å². The largest absolute Gasteiger partial charge is 0.372 e. The Hall–Kier alpha value is -0.910. The van der Waals surface area contributed by atoms with E-state index in [1.54, 1.807) is 7.11 Å². The topological polar surface area (TPSA) is 9.23 Å². The van der Waals surface area contributed by atoms with Crippen molar-refractivity contribution in [1.29, 1.82) is 0 Å². The monoisotopic (exact) mass is 232 g/mol. The fourth-order valence-electron chi connectivity index (χ4n) is 1.96. The van der Waals surface area contributed by atoms with Gasteiger partial charge >= 0.3 is 0 Å². The van der Waals surface area contributed by atoms with E-state index in [1.165, 1.54) is 16.4 Å². The zero-order valence-corrected chi connectivity index (χ0v) is 10.7. The van der Waals surface area contributed by atoms with Crippen molar-refractivity contribution in [2.24, 2.45) is 0 Å². The lowest BCUT2D eigenvalue weighted by Gasteiger charge is -2.19. The Bertz CT molecular complexity index is 403. The summed E-state index contributed by atoms with van der Waals surface area (Å²) in [6, 6.07) is 8.44. The highest BCUT2D eigenvalue weighted by Gasteiger charge is 2.14. The van der Waals surface area contributed by atoms with Crippen LogP contribution in [0, 0.1) is 0 Å². The van der Waals surface area contributed by atoms with Gasteiger partial charge < -0.3 is 4.74 Å². The van der Waals surface area contributed by atoms with Gasteiger partial charge in [-0.05, 0) is 29.3 Å². The van der Waals surface area contributed by atoms with E-state index in [0.29, 0.717) is 0 Å². The SMILES string of the molecule is COC(C1=CCCC=C1)c1ccc(P)cc1. The third kappa shape index (κ3) is 2.61. The molecule has 0 saturated carbocycles. The van der Waals surface area contributed by atoms with Crippen LogP contribution in [-0.4, -0.2) is 7.11 Å². The van der Waals surface area contributed by atoms with E-state index >= 15 is 0 Å². The molecule has 1 aliphatic rings. The summed E-state index contributed by atoms with van der Waals surface area (Å²) in [5.41, 5.74) is 2.48. The van der Waals surface area contributed by atoms with Crippen molar-refractivity contribution in [2.45, 2.75) is 18.9 Å². The van der Waals surface area contributed by atoms with Gasteiger partial charge in [0.1, 0.15) is 6.10 Å². The summed E-state index contributed by atoms with van der Waals surface area (Å²) < 4.78 is 5.59. The first-order valence-electron chi connectivity index (χ1n) is 5.56. The summed E-state index contributed by atoms with van der Waals surface area (Å²) in [6.07, 6.45) is 8.99. The highest BCUT2D eigenvalue weighted by molar-refractivity contribution is 7.27. The predicted octanol–water partition coefficient (Wildman–Crippen LogP) is 3.15. The molecule has 2 unspecified atom stereocenters. The first-order valence-corrected chi connectivity index (χ1v) is 6.14. The average molecular weight is 232 g/mol. The molecule has 0 fully saturated rings. The first-order chi connectivity index (χ1) is 7.81. The summed E-state index contributed by atoms with van der Waals surface area (Å²) >= 11 is 0. The fraction of sp³-hybridized carbons (Fsp3) is 0.286. The van der Waals surface area contributed by atoms with Crippen molar-refractivity contribution in [3.63, 3.8) is 0 Å². The molecule has 16 heavy (non-hydrogen) atoms. The lowest BCUT2D eigenvalue weighted by molar-refractivity contribution is 0.135. The van der Waals surface area contributed by atoms with Gasteiger partial charge in [-0.3, -0.25) is 0 Å². The second kappa shape index (κ2) is 5.43. The summed E-state index contributed by atoms with van der Waals surface area (Å²) in [6.45, 7) is 0. The first kappa shape index (κ1) is 11.6. The van der Waals surface area contributed by atoms with Crippen LogP contribution in [0.4, 0.5) is 0 Å². The van der Waals surface area contributed by atoms with Gasteiger partial charge in [-0.2, -0.15) is 0 Å². The number of hydrogen-bond acceptors (Lipinski definition) is 1. The maximum atomic E-state index is 5.59. The molecule has 0 aliphatic heterocycles. The molecule has 0 amide bonds. The van der Waals surface area contributed by atoms with E-state index < -0.39 is 0 Å². The van der Waals surface area contributed by atoms with Crippen molar-refractivity contribution in [2.75, 3.05) is 7.11 Å². The standard InChI is InChI=1S/C14H17OP/c1-15-14(11-5-3-2-4-6-11)12-7-9-13(16)10-8-12/h3,5-10,14H,2,4,16H2,1H3. The molecule has 1 aromatic rings. The Morgan fingerprint density at radius 2 is 1.94 bits per heavy atom. The van der Waals surface area contributed by atoms with E-state index in [4.69, 9.17) is 4.74 Å². The Labute approximate surface area is 99.4 Å². The summed E-state index contributed by atoms with van der Waals surface area (Å²) in [5.74, 6) is 0. The highest BCUT2D eigenvalue weighted by atomic mass is 31.0. The normalized spacial score (nSPS) is 17.0. The third-order valence-corrected chi connectivity index (χ3v) is 3.19. The van der Waals surface area contributed by atoms with E-state index in [0.717, 1.165) is 12.8 Å². The minimum Gasteiger partial charge on any atom is -0.372 e. The molecular formula is C14H17OP. The van der Waals surface area contributed by atoms with Gasteiger partial charge in [-0.25, -0.2) is 0 Å². The van der Waals surface area contributed by atoms with Crippen molar-refractivity contribution in [3.8, 4) is 0 Å². The lowest BCUT2D eigenvalue weighted by atomic mass is 9.97. The Balaban J connectivity index is 2.25. The molecule has 2 rings (SSSR count). The number of ether oxygens (including phenoxy) is 1. The molecule has 0 saturated heterocycles. The van der Waals surface area contributed by atoms with Crippen LogP contribution < -0.4 is 5.30 Å². The quantitative estimate of drug-likeness (QED) is 0.727. The van der Waals surface area contributed by atoms with Crippen LogP contribution in [0.25, 0.3) is 0 Å². The van der Waals surface area contributed by atoms with Crippen LogP contribution in [0.2, 0.25) is 0 Å². The zero-order valence-electron chi connectivity index (χ0n) is 9.52. The third-order valence-electron chi connectivity index (χ3n) is 2.80. The molecule has 2 atom stereocenters. The molecule has 0 aromatic heterocycles. The van der Waals surface area contributed by atoms with Crippen LogP contribution >= 0.6 is 9.24 Å². The van der Waals surface area contributed by atoms with Crippen molar-refractivity contribution >= 4 is 14.5 Å². The predicted molar refractivity (Wildman–Crippen MR) is 72.0 cm³/mol. The second-order valence-corrected chi connectivity index (χ2v) is 4.63. The Morgan fingerprint density at radius 1 is 1.19 bits per heavy atom. The van der Waals surface area contributed by atoms with Crippen molar-refractivity contribution in [3.05, 3.63) is 53.6 Å². The minimum absolute atomic E-state index is 0.0714. The van der Waals surface area contributed by atoms with Gasteiger partial charge in [0.25, 0.3) is 0 Å². The molecule has 0 radical (unpaired) electrons. The van der Waals surface area contributed by atoms with Crippen LogP contribution in [0.5, 0.6) is 0 Å². The molecule has 0 N–H and O–H groups in total. The van der Waals surface area contributed by atoms with Gasteiger partial charge in [-0.15, -0.1) is 9.24 Å². The fourth-order valence-corrected chi connectivity index (χ4v) is 2.16. The van der Waals surface area contributed by atoms with Gasteiger partial charge in [0.05, 0.1) is 0 Å². The zero-order chi connectivity index (χ0) is 11.4.